The number of alkyl halides is 1. The Labute approximate surface area is 139 Å². The predicted molar refractivity (Wildman–Crippen MR) is 86.0 cm³/mol. The molecule has 0 aromatic carbocycles. The van der Waals surface area contributed by atoms with E-state index < -0.39 is 11.7 Å². The van der Waals surface area contributed by atoms with Crippen LogP contribution in [0.2, 0.25) is 10.2 Å². The fourth-order valence-electron chi connectivity index (χ4n) is 2.21. The second-order valence-electron chi connectivity index (χ2n) is 4.77. The van der Waals surface area contributed by atoms with Gasteiger partial charge in [-0.3, -0.25) is 4.79 Å². The topological polar surface area (TPSA) is 73.9 Å². The summed E-state index contributed by atoms with van der Waals surface area (Å²) in [7, 11) is 0. The summed E-state index contributed by atoms with van der Waals surface area (Å²) in [5.74, 6) is 0.542. The molecule has 0 aliphatic carbocycles. The smallest absolute Gasteiger partial charge is 0.272 e. The van der Waals surface area contributed by atoms with E-state index in [1.807, 2.05) is 0 Å². The van der Waals surface area contributed by atoms with Crippen molar-refractivity contribution in [2.24, 2.45) is 0 Å². The summed E-state index contributed by atoms with van der Waals surface area (Å²) < 4.78 is 13.8. The molecule has 0 saturated carbocycles. The molecule has 1 atom stereocenters. The van der Waals surface area contributed by atoms with Crippen LogP contribution < -0.4 is 15.8 Å². The Kier molecular flexibility index (Phi) is 4.62. The molecule has 0 unspecified atom stereocenters. The number of halogens is 3. The zero-order valence-electron chi connectivity index (χ0n) is 11.3. The quantitative estimate of drug-likeness (QED) is 0.852. The van der Waals surface area contributed by atoms with E-state index in [0.29, 0.717) is 18.0 Å². The molecule has 0 spiro atoms. The van der Waals surface area contributed by atoms with Crippen LogP contribution in [-0.4, -0.2) is 47.3 Å². The van der Waals surface area contributed by atoms with Crippen LogP contribution in [0.1, 0.15) is 0 Å². The Hall–Kier alpha value is -1.22. The number of aromatic nitrogens is 3. The number of rotatable bonds is 2. The zero-order chi connectivity index (χ0) is 15.7. The molecular weight excluding hydrogens is 352 g/mol. The van der Waals surface area contributed by atoms with Gasteiger partial charge in [0.15, 0.2) is 16.8 Å². The summed E-state index contributed by atoms with van der Waals surface area (Å²) in [6.07, 6.45) is -1.06. The second kappa shape index (κ2) is 6.49. The molecule has 0 radical (unpaired) electrons. The highest BCUT2D eigenvalue weighted by Crippen LogP contribution is 2.30. The highest BCUT2D eigenvalue weighted by molar-refractivity contribution is 7.13. The monoisotopic (exact) mass is 363 g/mol. The van der Waals surface area contributed by atoms with Crippen LogP contribution in [0.5, 0.6) is 0 Å². The lowest BCUT2D eigenvalue weighted by Gasteiger charge is -2.23. The van der Waals surface area contributed by atoms with Crippen LogP contribution in [0.15, 0.2) is 10.3 Å². The molecule has 3 rings (SSSR count). The summed E-state index contributed by atoms with van der Waals surface area (Å²) >= 11 is 13.3. The highest BCUT2D eigenvalue weighted by atomic mass is 35.5. The first kappa shape index (κ1) is 15.7. The van der Waals surface area contributed by atoms with E-state index in [4.69, 9.17) is 23.2 Å². The molecule has 1 saturated heterocycles. The first-order chi connectivity index (χ1) is 10.6. The largest absolute Gasteiger partial charge is 0.351 e. The van der Waals surface area contributed by atoms with Gasteiger partial charge in [-0.2, -0.15) is 0 Å². The third kappa shape index (κ3) is 3.10. The van der Waals surface area contributed by atoms with Gasteiger partial charge in [0.1, 0.15) is 16.1 Å². The van der Waals surface area contributed by atoms with Gasteiger partial charge in [0.2, 0.25) is 0 Å². The van der Waals surface area contributed by atoms with Gasteiger partial charge in [0.25, 0.3) is 5.56 Å². The number of H-pyrrole nitrogens is 1. The number of nitrogens with one attached hydrogen (secondary N) is 2. The van der Waals surface area contributed by atoms with Gasteiger partial charge < -0.3 is 15.2 Å². The van der Waals surface area contributed by atoms with Crippen molar-refractivity contribution in [3.63, 3.8) is 0 Å². The minimum Gasteiger partial charge on any atom is -0.351 e. The van der Waals surface area contributed by atoms with Gasteiger partial charge in [-0.1, -0.05) is 23.2 Å². The zero-order valence-corrected chi connectivity index (χ0v) is 13.6. The Morgan fingerprint density at radius 3 is 3.00 bits per heavy atom. The van der Waals surface area contributed by atoms with Crippen LogP contribution in [0.3, 0.4) is 0 Å². The van der Waals surface area contributed by atoms with Crippen molar-refractivity contribution in [3.05, 3.63) is 26.0 Å². The number of anilines is 1. The normalized spacial score (nSPS) is 19.2. The van der Waals surface area contributed by atoms with Crippen molar-refractivity contribution in [2.75, 3.05) is 31.1 Å². The summed E-state index contributed by atoms with van der Waals surface area (Å²) in [5.41, 5.74) is 1.07. The molecule has 6 nitrogen and oxygen atoms in total. The molecule has 1 aliphatic rings. The van der Waals surface area contributed by atoms with E-state index >= 15 is 0 Å². The molecule has 3 heterocycles. The number of thiazole rings is 1. The lowest BCUT2D eigenvalue weighted by atomic mass is 10.3. The van der Waals surface area contributed by atoms with Crippen LogP contribution >= 0.6 is 34.5 Å². The minimum atomic E-state index is -1.06. The number of nitrogens with zero attached hydrogens (tertiary/aromatic N) is 3. The standard InChI is InChI=1S/C12H12Cl2FN5OS/c13-7-11(20-2-1-16-3-6(15)4-20)18-10(19-12(7)21)8-9(14)17-5-22-8/h5-6,16H,1-4H2,(H,18,19,21)/t6-/m1/s1. The third-order valence-electron chi connectivity index (χ3n) is 3.23. The fourth-order valence-corrected chi connectivity index (χ4v) is 3.37. The summed E-state index contributed by atoms with van der Waals surface area (Å²) in [5, 5.41) is 3.17. The number of hydrogen-bond donors (Lipinski definition) is 2. The Morgan fingerprint density at radius 1 is 1.45 bits per heavy atom. The Morgan fingerprint density at radius 2 is 2.27 bits per heavy atom. The van der Waals surface area contributed by atoms with E-state index in [1.165, 1.54) is 11.3 Å². The molecule has 22 heavy (non-hydrogen) atoms. The summed E-state index contributed by atoms with van der Waals surface area (Å²) in [4.78, 5) is 25.1. The first-order valence-electron chi connectivity index (χ1n) is 6.55. The van der Waals surface area contributed by atoms with Gasteiger partial charge in [0, 0.05) is 19.6 Å². The van der Waals surface area contributed by atoms with Crippen LogP contribution in [-0.2, 0) is 0 Å². The maximum Gasteiger partial charge on any atom is 0.272 e. The number of hydrogen-bond acceptors (Lipinski definition) is 6. The van der Waals surface area contributed by atoms with Gasteiger partial charge in [0.05, 0.1) is 12.1 Å². The maximum absolute atomic E-state index is 13.8. The van der Waals surface area contributed by atoms with E-state index in [2.05, 4.69) is 20.3 Å². The fraction of sp³-hybridized carbons (Fsp3) is 0.417. The molecule has 0 bridgehead atoms. The van der Waals surface area contributed by atoms with Gasteiger partial charge in [-0.15, -0.1) is 11.3 Å². The molecule has 0 amide bonds. The van der Waals surface area contributed by atoms with Gasteiger partial charge >= 0.3 is 0 Å². The molecule has 2 aromatic rings. The van der Waals surface area contributed by atoms with Crippen LogP contribution in [0.4, 0.5) is 10.2 Å². The second-order valence-corrected chi connectivity index (χ2v) is 6.36. The van der Waals surface area contributed by atoms with E-state index in [0.717, 1.165) is 0 Å². The van der Waals surface area contributed by atoms with E-state index in [9.17, 15) is 9.18 Å². The summed E-state index contributed by atoms with van der Waals surface area (Å²) in [6.45, 7) is 1.48. The Balaban J connectivity index is 2.05. The molecular formula is C12H12Cl2FN5OS. The van der Waals surface area contributed by atoms with Crippen LogP contribution in [0, 0.1) is 0 Å². The van der Waals surface area contributed by atoms with Crippen molar-refractivity contribution in [1.82, 2.24) is 20.3 Å². The number of aromatic amines is 1. The minimum absolute atomic E-state index is 0.0570. The van der Waals surface area contributed by atoms with Crippen molar-refractivity contribution in [1.29, 1.82) is 0 Å². The van der Waals surface area contributed by atoms with Crippen molar-refractivity contribution in [2.45, 2.75) is 6.17 Å². The van der Waals surface area contributed by atoms with Crippen LogP contribution in [0.25, 0.3) is 10.7 Å². The highest BCUT2D eigenvalue weighted by Gasteiger charge is 2.23. The van der Waals surface area contributed by atoms with Crippen molar-refractivity contribution in [3.8, 4) is 10.7 Å². The molecule has 2 aromatic heterocycles. The molecule has 118 valence electrons. The first-order valence-corrected chi connectivity index (χ1v) is 8.18. The third-order valence-corrected chi connectivity index (χ3v) is 4.80. The average Bonchev–Trinajstić information content (AvgIpc) is 2.79. The van der Waals surface area contributed by atoms with E-state index in [-0.39, 0.29) is 34.9 Å². The van der Waals surface area contributed by atoms with E-state index in [1.54, 1.807) is 10.4 Å². The van der Waals surface area contributed by atoms with Crippen molar-refractivity contribution >= 4 is 40.4 Å². The average molecular weight is 364 g/mol. The SMILES string of the molecule is O=c1[nH]c(-c2scnc2Cl)nc(N2CCNC[C@@H](F)C2)c1Cl. The molecule has 10 heteroatoms. The molecule has 1 fully saturated rings. The maximum atomic E-state index is 13.8. The Bertz CT molecular complexity index is 737. The lowest BCUT2D eigenvalue weighted by molar-refractivity contribution is 0.337. The summed E-state index contributed by atoms with van der Waals surface area (Å²) in [6, 6.07) is 0. The lowest BCUT2D eigenvalue weighted by Crippen LogP contribution is -2.33. The predicted octanol–water partition coefficient (Wildman–Crippen LogP) is 1.95. The molecule has 2 N–H and O–H groups in total. The van der Waals surface area contributed by atoms with Crippen molar-refractivity contribution < 1.29 is 4.39 Å². The van der Waals surface area contributed by atoms with Gasteiger partial charge in [-0.05, 0) is 0 Å². The molecule has 1 aliphatic heterocycles. The van der Waals surface area contributed by atoms with Gasteiger partial charge in [-0.25, -0.2) is 14.4 Å².